The van der Waals surface area contributed by atoms with Crippen LogP contribution >= 0.6 is 0 Å². The Bertz CT molecular complexity index is 1500. The second-order valence-corrected chi connectivity index (χ2v) is 15.4. The van der Waals surface area contributed by atoms with E-state index >= 15 is 0 Å². The standard InChI is InChI=1S/C43H67N5O9/c1-3-4-5-6-7-8-9-10-11-14-34(50)15-12-23-45-25-21-36(44)39(51)29-33(28-31-17-19-37-35(31)16-13-24-46-37)41(54)47-26-22-38(43(56)57)48-42(55)32(27-30(2)49)18-20-40(52)53/h13,16-17,24,32-33,36,38,45H,3-12,14-15,18-23,25-29,44H2,1-2H3,(H,47,54)(H,48,55)(H,52,53)(H,56,57)/t32-,33-,36-,38+/m0/s1. The number of carbonyl (C=O) groups excluding carboxylic acids is 5. The molecule has 0 aromatic carbocycles. The van der Waals surface area contributed by atoms with Crippen LogP contribution in [-0.2, 0) is 40.0 Å². The summed E-state index contributed by atoms with van der Waals surface area (Å²) >= 11 is 0. The Morgan fingerprint density at radius 2 is 1.47 bits per heavy atom. The van der Waals surface area contributed by atoms with E-state index in [1.165, 1.54) is 51.9 Å². The van der Waals surface area contributed by atoms with Gasteiger partial charge in [-0.1, -0.05) is 70.4 Å². The van der Waals surface area contributed by atoms with Crippen LogP contribution in [0.1, 0.15) is 147 Å². The highest BCUT2D eigenvalue weighted by Gasteiger charge is 2.30. The summed E-state index contributed by atoms with van der Waals surface area (Å²) in [5.74, 6) is -5.88. The van der Waals surface area contributed by atoms with E-state index in [4.69, 9.17) is 10.8 Å². The monoisotopic (exact) mass is 797 g/mol. The van der Waals surface area contributed by atoms with Crippen molar-refractivity contribution >= 4 is 46.7 Å². The number of unbranched alkanes of at least 4 members (excludes halogenated alkanes) is 8. The van der Waals surface area contributed by atoms with Gasteiger partial charge in [0.2, 0.25) is 11.8 Å². The molecule has 318 valence electrons. The van der Waals surface area contributed by atoms with Gasteiger partial charge in [-0.3, -0.25) is 29.0 Å². The van der Waals surface area contributed by atoms with Crippen LogP contribution in [0.15, 0.2) is 24.4 Å². The van der Waals surface area contributed by atoms with Crippen molar-refractivity contribution in [2.24, 2.45) is 17.6 Å². The molecule has 0 radical (unpaired) electrons. The molecule has 1 heterocycles. The summed E-state index contributed by atoms with van der Waals surface area (Å²) in [6.07, 6.45) is 16.6. The number of fused-ring (bicyclic) bond motifs is 1. The minimum absolute atomic E-state index is 0.132. The summed E-state index contributed by atoms with van der Waals surface area (Å²) in [6.45, 7) is 4.46. The first-order valence-electron chi connectivity index (χ1n) is 21.0. The number of pyridine rings is 1. The predicted molar refractivity (Wildman–Crippen MR) is 218 cm³/mol. The number of Topliss-reactive ketones (excluding diaryl/α,β-unsaturated/α-hetero) is 3. The van der Waals surface area contributed by atoms with Crippen LogP contribution in [0.5, 0.6) is 0 Å². The van der Waals surface area contributed by atoms with Crippen molar-refractivity contribution in [2.45, 2.75) is 154 Å². The number of nitrogens with one attached hydrogen (secondary N) is 3. The largest absolute Gasteiger partial charge is 0.481 e. The Balaban J connectivity index is 1.86. The molecule has 0 saturated heterocycles. The summed E-state index contributed by atoms with van der Waals surface area (Å²) in [6, 6.07) is 1.49. The second kappa shape index (κ2) is 28.2. The van der Waals surface area contributed by atoms with Crippen LogP contribution in [0.25, 0.3) is 5.57 Å². The van der Waals surface area contributed by atoms with Gasteiger partial charge in [0, 0.05) is 63.1 Å². The average molecular weight is 798 g/mol. The van der Waals surface area contributed by atoms with Crippen molar-refractivity contribution in [1.29, 1.82) is 0 Å². The Labute approximate surface area is 338 Å². The smallest absolute Gasteiger partial charge is 0.326 e. The van der Waals surface area contributed by atoms with Gasteiger partial charge < -0.3 is 36.7 Å². The maximum absolute atomic E-state index is 13.6. The molecule has 1 aromatic heterocycles. The van der Waals surface area contributed by atoms with Crippen molar-refractivity contribution in [1.82, 2.24) is 20.9 Å². The van der Waals surface area contributed by atoms with Crippen molar-refractivity contribution in [3.63, 3.8) is 0 Å². The van der Waals surface area contributed by atoms with Crippen molar-refractivity contribution in [2.75, 3.05) is 19.6 Å². The molecule has 0 saturated carbocycles. The zero-order chi connectivity index (χ0) is 42.0. The number of nitrogens with zero attached hydrogens (tertiary/aromatic N) is 1. The van der Waals surface area contributed by atoms with Crippen LogP contribution in [0, 0.1) is 11.8 Å². The maximum Gasteiger partial charge on any atom is 0.326 e. The SMILES string of the molecule is CCCCCCCCCCCC(=O)CCCNCC[C@H](N)C(=O)C[C@H](CC1=CCc2ncccc21)C(=O)NCC[C@@H](NC(=O)[C@@H](CCC(=O)O)CC(C)=O)C(=O)O. The lowest BCUT2D eigenvalue weighted by molar-refractivity contribution is -0.143. The van der Waals surface area contributed by atoms with Crippen LogP contribution in [0.2, 0.25) is 0 Å². The third kappa shape index (κ3) is 20.6. The predicted octanol–water partition coefficient (Wildman–Crippen LogP) is 5.10. The quantitative estimate of drug-likeness (QED) is 0.0500. The average Bonchev–Trinajstić information content (AvgIpc) is 3.58. The topological polar surface area (TPSA) is 235 Å². The number of carboxylic acid groups (broad SMARTS) is 2. The van der Waals surface area contributed by atoms with Crippen LogP contribution in [0.4, 0.5) is 0 Å². The fourth-order valence-electron chi connectivity index (χ4n) is 7.05. The molecule has 1 aliphatic rings. The minimum Gasteiger partial charge on any atom is -0.481 e. The Kier molecular flexibility index (Phi) is 24.1. The highest BCUT2D eigenvalue weighted by atomic mass is 16.4. The van der Waals surface area contributed by atoms with Crippen molar-refractivity contribution < 1.29 is 43.8 Å². The number of carbonyl (C=O) groups is 7. The zero-order valence-electron chi connectivity index (χ0n) is 34.2. The molecule has 0 spiro atoms. The van der Waals surface area contributed by atoms with E-state index < -0.39 is 47.7 Å². The van der Waals surface area contributed by atoms with Gasteiger partial charge in [0.05, 0.1) is 11.7 Å². The van der Waals surface area contributed by atoms with Gasteiger partial charge >= 0.3 is 11.9 Å². The molecule has 0 bridgehead atoms. The molecular formula is C43H67N5O9. The number of nitrogens with two attached hydrogens (primary N) is 1. The fraction of sp³-hybridized carbons (Fsp3) is 0.674. The molecule has 1 aliphatic carbocycles. The molecule has 14 nitrogen and oxygen atoms in total. The molecule has 0 aliphatic heterocycles. The number of ketones is 3. The van der Waals surface area contributed by atoms with Gasteiger partial charge in [0.1, 0.15) is 23.4 Å². The fourth-order valence-corrected chi connectivity index (χ4v) is 7.05. The number of rotatable bonds is 34. The summed E-state index contributed by atoms with van der Waals surface area (Å²) in [4.78, 5) is 91.2. The number of allylic oxidation sites excluding steroid dienone is 2. The Hall–Kier alpha value is -4.30. The second-order valence-electron chi connectivity index (χ2n) is 15.4. The van der Waals surface area contributed by atoms with Crippen molar-refractivity contribution in [3.8, 4) is 0 Å². The van der Waals surface area contributed by atoms with E-state index in [2.05, 4.69) is 27.9 Å². The van der Waals surface area contributed by atoms with E-state index in [1.807, 2.05) is 12.1 Å². The minimum atomic E-state index is -1.41. The molecule has 2 amide bonds. The van der Waals surface area contributed by atoms with Crippen molar-refractivity contribution in [3.05, 3.63) is 35.7 Å². The molecule has 2 rings (SSSR count). The molecular weight excluding hydrogens is 730 g/mol. The Morgan fingerprint density at radius 1 is 0.789 bits per heavy atom. The molecule has 4 atom stereocenters. The highest BCUT2D eigenvalue weighted by Crippen LogP contribution is 2.32. The van der Waals surface area contributed by atoms with E-state index in [9.17, 15) is 38.7 Å². The molecule has 0 fully saturated rings. The first-order chi connectivity index (χ1) is 27.3. The van der Waals surface area contributed by atoms with Gasteiger partial charge in [-0.05, 0) is 75.7 Å². The van der Waals surface area contributed by atoms with Gasteiger partial charge in [-0.15, -0.1) is 0 Å². The third-order valence-corrected chi connectivity index (χ3v) is 10.4. The number of carboxylic acids is 2. The van der Waals surface area contributed by atoms with E-state index in [-0.39, 0.29) is 62.4 Å². The van der Waals surface area contributed by atoms with Crippen LogP contribution in [-0.4, -0.2) is 88.0 Å². The van der Waals surface area contributed by atoms with E-state index in [0.29, 0.717) is 45.2 Å². The first kappa shape index (κ1) is 48.8. The lowest BCUT2D eigenvalue weighted by atomic mass is 9.89. The van der Waals surface area contributed by atoms with Gasteiger partial charge in [0.25, 0.3) is 0 Å². The normalized spacial score (nSPS) is 14.1. The summed E-state index contributed by atoms with van der Waals surface area (Å²) in [5, 5.41) is 27.2. The number of hydrogen-bond donors (Lipinski definition) is 6. The summed E-state index contributed by atoms with van der Waals surface area (Å²) < 4.78 is 0. The van der Waals surface area contributed by atoms with Gasteiger partial charge in [-0.2, -0.15) is 0 Å². The van der Waals surface area contributed by atoms with Gasteiger partial charge in [-0.25, -0.2) is 4.79 Å². The lowest BCUT2D eigenvalue weighted by Crippen LogP contribution is -2.46. The lowest BCUT2D eigenvalue weighted by Gasteiger charge is -2.21. The zero-order valence-corrected chi connectivity index (χ0v) is 34.2. The number of hydrogen-bond acceptors (Lipinski definition) is 10. The molecule has 0 unspecified atom stereocenters. The van der Waals surface area contributed by atoms with Crippen LogP contribution < -0.4 is 21.7 Å². The molecule has 14 heteroatoms. The Morgan fingerprint density at radius 3 is 2.14 bits per heavy atom. The number of amides is 2. The van der Waals surface area contributed by atoms with E-state index in [1.54, 1.807) is 12.3 Å². The maximum atomic E-state index is 13.6. The first-order valence-corrected chi connectivity index (χ1v) is 21.0. The summed E-state index contributed by atoms with van der Waals surface area (Å²) in [5.41, 5.74) is 8.94. The van der Waals surface area contributed by atoms with E-state index in [0.717, 1.165) is 29.7 Å². The molecule has 7 N–H and O–H groups in total. The molecule has 57 heavy (non-hydrogen) atoms. The van der Waals surface area contributed by atoms with Gasteiger partial charge in [0.15, 0.2) is 0 Å². The number of aliphatic carboxylic acids is 2. The number of aromatic nitrogens is 1. The van der Waals surface area contributed by atoms with Crippen LogP contribution in [0.3, 0.4) is 0 Å². The third-order valence-electron chi connectivity index (χ3n) is 10.4. The molecule has 1 aromatic rings. The highest BCUT2D eigenvalue weighted by molar-refractivity contribution is 5.91. The summed E-state index contributed by atoms with van der Waals surface area (Å²) in [7, 11) is 0.